The number of halogens is 2. The molecule has 20 heavy (non-hydrogen) atoms. The first-order valence-corrected chi connectivity index (χ1v) is 8.44. The fourth-order valence-electron chi connectivity index (χ4n) is 2.20. The van der Waals surface area contributed by atoms with E-state index in [1.54, 1.807) is 17.5 Å². The number of hydrogen-bond donors (Lipinski definition) is 0. The Morgan fingerprint density at radius 2 is 2.35 bits per heavy atom. The van der Waals surface area contributed by atoms with E-state index < -0.39 is 0 Å². The lowest BCUT2D eigenvalue weighted by Crippen LogP contribution is -2.07. The minimum absolute atomic E-state index is 0.133. The molecule has 0 fully saturated rings. The van der Waals surface area contributed by atoms with Crippen molar-refractivity contribution in [1.82, 2.24) is 14.5 Å². The lowest BCUT2D eigenvalue weighted by molar-refractivity contribution is 0.667. The number of alkyl halides is 1. The van der Waals surface area contributed by atoms with E-state index in [-0.39, 0.29) is 5.38 Å². The highest BCUT2D eigenvalue weighted by Crippen LogP contribution is 2.25. The number of fused-ring (bicyclic) bond motifs is 1. The normalized spacial score (nSPS) is 12.9. The van der Waals surface area contributed by atoms with Crippen LogP contribution in [0.2, 0.25) is 0 Å². The molecule has 1 atom stereocenters. The van der Waals surface area contributed by atoms with E-state index in [9.17, 15) is 0 Å². The molecule has 0 saturated heterocycles. The van der Waals surface area contributed by atoms with Crippen LogP contribution in [0.5, 0.6) is 0 Å². The summed E-state index contributed by atoms with van der Waals surface area (Å²) in [5.41, 5.74) is 1.78. The third kappa shape index (κ3) is 2.75. The van der Waals surface area contributed by atoms with Gasteiger partial charge in [-0.2, -0.15) is 0 Å². The molecule has 0 amide bonds. The van der Waals surface area contributed by atoms with Gasteiger partial charge in [0.2, 0.25) is 0 Å². The minimum Gasteiger partial charge on any atom is -0.311 e. The Bertz CT molecular complexity index is 721. The van der Waals surface area contributed by atoms with Crippen LogP contribution in [0.15, 0.2) is 34.2 Å². The molecule has 0 aliphatic carbocycles. The summed E-state index contributed by atoms with van der Waals surface area (Å²) in [6.07, 6.45) is 2.77. The van der Waals surface area contributed by atoms with Crippen LogP contribution in [0.1, 0.15) is 23.0 Å². The topological polar surface area (TPSA) is 30.7 Å². The van der Waals surface area contributed by atoms with Crippen LogP contribution in [0.25, 0.3) is 11.2 Å². The van der Waals surface area contributed by atoms with Gasteiger partial charge in [-0.3, -0.25) is 0 Å². The molecule has 0 spiro atoms. The van der Waals surface area contributed by atoms with Gasteiger partial charge in [0.15, 0.2) is 5.65 Å². The summed E-state index contributed by atoms with van der Waals surface area (Å²) in [6, 6.07) is 6.21. The van der Waals surface area contributed by atoms with Crippen molar-refractivity contribution in [2.75, 3.05) is 0 Å². The van der Waals surface area contributed by atoms with Gasteiger partial charge in [0, 0.05) is 22.1 Å². The second kappa shape index (κ2) is 5.84. The number of aromatic nitrogens is 3. The molecule has 0 saturated carbocycles. The second-order valence-corrected chi connectivity index (χ2v) is 7.17. The molecule has 0 bridgehead atoms. The fourth-order valence-corrected chi connectivity index (χ4v) is 3.39. The lowest BCUT2D eigenvalue weighted by Gasteiger charge is -2.09. The Hall–Kier alpha value is -0.910. The van der Waals surface area contributed by atoms with Crippen molar-refractivity contribution in [3.05, 3.63) is 45.0 Å². The number of rotatable bonds is 4. The summed E-state index contributed by atoms with van der Waals surface area (Å²) >= 11 is 11.5. The summed E-state index contributed by atoms with van der Waals surface area (Å²) in [4.78, 5) is 10.5. The predicted molar refractivity (Wildman–Crippen MR) is 87.5 cm³/mol. The molecule has 104 valence electrons. The number of thiophene rings is 1. The highest BCUT2D eigenvalue weighted by Gasteiger charge is 2.16. The number of hydrogen-bond acceptors (Lipinski definition) is 3. The molecule has 0 aromatic carbocycles. The SMILES string of the molecule is CC(Cl)c1nc2cc(Br)cnc2n1CCc1cccs1. The highest BCUT2D eigenvalue weighted by molar-refractivity contribution is 9.10. The zero-order chi connectivity index (χ0) is 14.1. The third-order valence-corrected chi connectivity index (χ3v) is 4.66. The standard InChI is InChI=1S/C14H13BrClN3S/c1-9(16)13-18-12-7-10(15)8-17-14(12)19(13)5-4-11-3-2-6-20-11/h2-3,6-9H,4-5H2,1H3. The smallest absolute Gasteiger partial charge is 0.160 e. The van der Waals surface area contributed by atoms with E-state index in [0.717, 1.165) is 34.4 Å². The van der Waals surface area contributed by atoms with Gasteiger partial charge < -0.3 is 4.57 Å². The Morgan fingerprint density at radius 3 is 3.05 bits per heavy atom. The Balaban J connectivity index is 2.00. The molecule has 0 radical (unpaired) electrons. The van der Waals surface area contributed by atoms with Crippen molar-refractivity contribution in [3.8, 4) is 0 Å². The molecular weight excluding hydrogens is 358 g/mol. The summed E-state index contributed by atoms with van der Waals surface area (Å²) in [5.74, 6) is 0.879. The summed E-state index contributed by atoms with van der Waals surface area (Å²) in [6.45, 7) is 2.79. The molecule has 6 heteroatoms. The van der Waals surface area contributed by atoms with Crippen molar-refractivity contribution >= 4 is 50.0 Å². The van der Waals surface area contributed by atoms with Crippen LogP contribution in [0.4, 0.5) is 0 Å². The van der Waals surface area contributed by atoms with Gasteiger partial charge in [0.25, 0.3) is 0 Å². The first-order chi connectivity index (χ1) is 9.65. The van der Waals surface area contributed by atoms with Gasteiger partial charge in [-0.05, 0) is 46.8 Å². The van der Waals surface area contributed by atoms with Crippen LogP contribution in [0, 0.1) is 0 Å². The fraction of sp³-hybridized carbons (Fsp3) is 0.286. The predicted octanol–water partition coefficient (Wildman–Crippen LogP) is 4.80. The Morgan fingerprint density at radius 1 is 1.50 bits per heavy atom. The molecule has 0 aliphatic rings. The van der Waals surface area contributed by atoms with Crippen molar-refractivity contribution in [2.24, 2.45) is 0 Å². The van der Waals surface area contributed by atoms with Crippen LogP contribution < -0.4 is 0 Å². The van der Waals surface area contributed by atoms with Crippen LogP contribution >= 0.6 is 38.9 Å². The van der Waals surface area contributed by atoms with E-state index in [0.29, 0.717) is 0 Å². The van der Waals surface area contributed by atoms with Gasteiger partial charge in [0.05, 0.1) is 5.38 Å². The molecule has 3 aromatic heterocycles. The van der Waals surface area contributed by atoms with E-state index in [4.69, 9.17) is 11.6 Å². The average molecular weight is 371 g/mol. The van der Waals surface area contributed by atoms with E-state index in [1.165, 1.54) is 4.88 Å². The molecule has 3 aromatic rings. The maximum absolute atomic E-state index is 6.26. The first-order valence-electron chi connectivity index (χ1n) is 6.33. The van der Waals surface area contributed by atoms with Crippen LogP contribution in [0.3, 0.4) is 0 Å². The van der Waals surface area contributed by atoms with E-state index in [1.807, 2.05) is 13.0 Å². The third-order valence-electron chi connectivity index (χ3n) is 3.10. The van der Waals surface area contributed by atoms with Crippen molar-refractivity contribution < 1.29 is 0 Å². The van der Waals surface area contributed by atoms with Gasteiger partial charge >= 0.3 is 0 Å². The average Bonchev–Trinajstić information content (AvgIpc) is 3.02. The minimum atomic E-state index is -0.133. The monoisotopic (exact) mass is 369 g/mol. The van der Waals surface area contributed by atoms with Crippen molar-refractivity contribution in [1.29, 1.82) is 0 Å². The molecule has 3 rings (SSSR count). The summed E-state index contributed by atoms with van der Waals surface area (Å²) in [5, 5.41) is 1.97. The zero-order valence-electron chi connectivity index (χ0n) is 10.9. The maximum atomic E-state index is 6.26. The van der Waals surface area contributed by atoms with E-state index in [2.05, 4.69) is 48.0 Å². The zero-order valence-corrected chi connectivity index (χ0v) is 14.0. The number of pyridine rings is 1. The van der Waals surface area contributed by atoms with Gasteiger partial charge in [-0.25, -0.2) is 9.97 Å². The molecule has 3 nitrogen and oxygen atoms in total. The van der Waals surface area contributed by atoms with E-state index >= 15 is 0 Å². The molecular formula is C14H13BrClN3S. The van der Waals surface area contributed by atoms with Gasteiger partial charge in [0.1, 0.15) is 11.3 Å². The highest BCUT2D eigenvalue weighted by atomic mass is 79.9. The summed E-state index contributed by atoms with van der Waals surface area (Å²) in [7, 11) is 0. The van der Waals surface area contributed by atoms with Crippen LogP contribution in [-0.4, -0.2) is 14.5 Å². The molecule has 1 unspecified atom stereocenters. The Labute approximate surface area is 134 Å². The Kier molecular flexibility index (Phi) is 4.10. The van der Waals surface area contributed by atoms with Gasteiger partial charge in [-0.15, -0.1) is 22.9 Å². The number of aryl methyl sites for hydroxylation is 2. The largest absolute Gasteiger partial charge is 0.311 e. The van der Waals surface area contributed by atoms with Crippen LogP contribution in [-0.2, 0) is 13.0 Å². The van der Waals surface area contributed by atoms with Crippen molar-refractivity contribution in [3.63, 3.8) is 0 Å². The maximum Gasteiger partial charge on any atom is 0.160 e. The number of imidazole rings is 1. The summed E-state index contributed by atoms with van der Waals surface area (Å²) < 4.78 is 3.06. The molecule has 3 heterocycles. The molecule has 0 N–H and O–H groups in total. The second-order valence-electron chi connectivity index (χ2n) is 4.56. The van der Waals surface area contributed by atoms with Gasteiger partial charge in [-0.1, -0.05) is 6.07 Å². The molecule has 0 aliphatic heterocycles. The van der Waals surface area contributed by atoms with Crippen molar-refractivity contribution in [2.45, 2.75) is 25.3 Å². The quantitative estimate of drug-likeness (QED) is 0.618. The first kappa shape index (κ1) is 14.0. The number of nitrogens with zero attached hydrogens (tertiary/aromatic N) is 3. The lowest BCUT2D eigenvalue weighted by atomic mass is 10.3.